The van der Waals surface area contributed by atoms with E-state index in [9.17, 15) is 9.59 Å². The number of anilines is 2. The van der Waals surface area contributed by atoms with E-state index < -0.39 is 0 Å². The molecular formula is C46H50N14O5. The van der Waals surface area contributed by atoms with Crippen molar-refractivity contribution in [2.75, 3.05) is 31.0 Å². The van der Waals surface area contributed by atoms with Gasteiger partial charge in [0.15, 0.2) is 5.65 Å². The molecule has 8 aromatic rings. The van der Waals surface area contributed by atoms with Crippen LogP contribution in [0.2, 0.25) is 0 Å². The minimum Gasteiger partial charge on any atom is -0.494 e. The predicted molar refractivity (Wildman–Crippen MR) is 242 cm³/mol. The van der Waals surface area contributed by atoms with Crippen LogP contribution in [0.4, 0.5) is 11.9 Å². The van der Waals surface area contributed by atoms with Crippen molar-refractivity contribution in [2.45, 2.75) is 66.1 Å². The molecule has 4 bridgehead atoms. The maximum absolute atomic E-state index is 14.5. The van der Waals surface area contributed by atoms with Crippen molar-refractivity contribution in [3.05, 3.63) is 83.6 Å². The Morgan fingerprint density at radius 2 is 1.46 bits per heavy atom. The summed E-state index contributed by atoms with van der Waals surface area (Å²) in [7, 11) is 5.33. The number of carbonyl (C=O) groups excluding carboxylic acids is 2. The zero-order chi connectivity index (χ0) is 44.9. The van der Waals surface area contributed by atoms with Crippen LogP contribution in [-0.2, 0) is 33.7 Å². The summed E-state index contributed by atoms with van der Waals surface area (Å²) in [6.07, 6.45) is 8.40. The quantitative estimate of drug-likeness (QED) is 0.192. The van der Waals surface area contributed by atoms with E-state index in [4.69, 9.17) is 39.2 Å². The number of carbonyl (C=O) groups is 2. The molecule has 19 heteroatoms. The summed E-state index contributed by atoms with van der Waals surface area (Å²) in [5.41, 5.74) is 7.25. The third kappa shape index (κ3) is 7.90. The van der Waals surface area contributed by atoms with Gasteiger partial charge in [-0.2, -0.15) is 15.3 Å². The molecule has 0 aliphatic carbocycles. The van der Waals surface area contributed by atoms with Gasteiger partial charge in [0, 0.05) is 44.0 Å². The van der Waals surface area contributed by atoms with Gasteiger partial charge >= 0.3 is 0 Å². The average Bonchev–Trinajstić information content (AvgIpc) is 4.11. The number of nitrogens with one attached hydrogen (secondary N) is 2. The largest absolute Gasteiger partial charge is 0.494 e. The third-order valence-electron chi connectivity index (χ3n) is 12.1. The molecule has 9 heterocycles. The number of aromatic nitrogens is 12. The molecule has 65 heavy (non-hydrogen) atoms. The van der Waals surface area contributed by atoms with Crippen LogP contribution in [0.5, 0.6) is 17.5 Å². The van der Waals surface area contributed by atoms with E-state index in [1.165, 1.54) is 0 Å². The normalized spacial score (nSPS) is 17.2. The Hall–Kier alpha value is -7.57. The molecule has 0 unspecified atom stereocenters. The summed E-state index contributed by atoms with van der Waals surface area (Å²) in [6.45, 7) is 8.36. The third-order valence-corrected chi connectivity index (χ3v) is 12.1. The predicted octanol–water partition coefficient (Wildman–Crippen LogP) is 6.66. The molecule has 2 aliphatic rings. The first-order valence-corrected chi connectivity index (χ1v) is 21.9. The SMILES string of the molecule is COc1cccc2nc3n(c12)C[C@H](C)CCCOc1c(cnn1C)-c1cc(cc(Cn2ncc4c2OC[C@@H](C)CCCn2c(nc5cnn(C)c52)NC(=O)c2cc(C)nc-4c2)n1)C(=O)N3. The van der Waals surface area contributed by atoms with E-state index in [1.807, 2.05) is 48.4 Å². The van der Waals surface area contributed by atoms with Gasteiger partial charge in [0.2, 0.25) is 23.7 Å². The minimum absolute atomic E-state index is 0.127. The van der Waals surface area contributed by atoms with Crippen LogP contribution in [0.25, 0.3) is 44.7 Å². The number of ether oxygens (including phenoxy) is 3. The second-order valence-electron chi connectivity index (χ2n) is 17.1. The zero-order valence-corrected chi connectivity index (χ0v) is 37.2. The van der Waals surface area contributed by atoms with E-state index in [2.05, 4.69) is 34.7 Å². The zero-order valence-electron chi connectivity index (χ0n) is 37.2. The van der Waals surface area contributed by atoms with Crippen molar-refractivity contribution in [1.82, 2.24) is 58.4 Å². The van der Waals surface area contributed by atoms with Crippen molar-refractivity contribution in [3.8, 4) is 40.0 Å². The summed E-state index contributed by atoms with van der Waals surface area (Å²) < 4.78 is 28.1. The molecule has 2 atom stereocenters. The highest BCUT2D eigenvalue weighted by Gasteiger charge is 2.26. The van der Waals surface area contributed by atoms with Gasteiger partial charge < -0.3 is 18.8 Å². The fourth-order valence-corrected chi connectivity index (χ4v) is 8.85. The van der Waals surface area contributed by atoms with Crippen LogP contribution < -0.4 is 24.8 Å². The highest BCUT2D eigenvalue weighted by molar-refractivity contribution is 6.06. The standard InChI is InChI=1S/C46H50N14O5/c1-26-11-9-15-64-43-32(20-47-57(43)5)36-19-30(41(62)55-46-52-34-12-7-13-38(63-6)39(34)59(46)23-26)17-31(51-36)24-60-44-33(21-49-60)35-18-29(16-28(3)50-35)40(61)54-45-53-37-22-48-56(4)42(37)58(45)14-8-10-27(2)25-65-44/h7,12-13,16-22,26-27H,8-11,14-15,23-25H2,1-6H3,(H,52,55,62)(H,53,54,61)/t26-,27+/m1/s1. The van der Waals surface area contributed by atoms with Crippen LogP contribution >= 0.6 is 0 Å². The first-order chi connectivity index (χ1) is 31.5. The Morgan fingerprint density at radius 3 is 2.28 bits per heavy atom. The van der Waals surface area contributed by atoms with Crippen LogP contribution in [-0.4, -0.2) is 90.5 Å². The summed E-state index contributed by atoms with van der Waals surface area (Å²) in [6, 6.07) is 12.7. The number of methoxy groups -OCH3 is 1. The Bertz CT molecular complexity index is 3120. The number of fused-ring (bicyclic) bond motifs is 14. The molecule has 7 aromatic heterocycles. The number of hydrogen-bond donors (Lipinski definition) is 2. The molecule has 0 saturated carbocycles. The lowest BCUT2D eigenvalue weighted by atomic mass is 10.1. The lowest BCUT2D eigenvalue weighted by molar-refractivity contribution is 0.101. The molecule has 19 nitrogen and oxygen atoms in total. The Balaban J connectivity index is 1.04. The number of benzene rings is 1. The summed E-state index contributed by atoms with van der Waals surface area (Å²) >= 11 is 0. The maximum Gasteiger partial charge on any atom is 0.258 e. The second-order valence-corrected chi connectivity index (χ2v) is 17.1. The van der Waals surface area contributed by atoms with Gasteiger partial charge in [-0.3, -0.25) is 39.4 Å². The van der Waals surface area contributed by atoms with Gasteiger partial charge in [-0.25, -0.2) is 19.3 Å². The van der Waals surface area contributed by atoms with Gasteiger partial charge in [0.05, 0.1) is 79.2 Å². The Labute approximate surface area is 373 Å². The van der Waals surface area contributed by atoms with Crippen molar-refractivity contribution >= 4 is 45.9 Å². The molecule has 10 rings (SSSR count). The summed E-state index contributed by atoms with van der Waals surface area (Å²) in [5.74, 6) is 2.23. The molecule has 334 valence electrons. The van der Waals surface area contributed by atoms with Gasteiger partial charge in [-0.05, 0) is 80.8 Å². The van der Waals surface area contributed by atoms with E-state index in [0.29, 0.717) is 112 Å². The highest BCUT2D eigenvalue weighted by Crippen LogP contribution is 2.35. The minimum atomic E-state index is -0.371. The number of amides is 2. The highest BCUT2D eigenvalue weighted by atomic mass is 16.5. The molecule has 0 fully saturated rings. The van der Waals surface area contributed by atoms with E-state index in [-0.39, 0.29) is 30.2 Å². The number of hydrogen-bond acceptors (Lipinski definition) is 12. The summed E-state index contributed by atoms with van der Waals surface area (Å²) in [5, 5.41) is 19.9. The van der Waals surface area contributed by atoms with Crippen molar-refractivity contribution < 1.29 is 23.8 Å². The summed E-state index contributed by atoms with van der Waals surface area (Å²) in [4.78, 5) is 48.1. The monoisotopic (exact) mass is 878 g/mol. The van der Waals surface area contributed by atoms with Gasteiger partial charge in [-0.1, -0.05) is 19.9 Å². The molecule has 0 spiro atoms. The van der Waals surface area contributed by atoms with Gasteiger partial charge in [-0.15, -0.1) is 0 Å². The van der Waals surface area contributed by atoms with Gasteiger partial charge in [0.1, 0.15) is 16.8 Å². The number of nitrogens with zero attached hydrogens (tertiary/aromatic N) is 12. The molecule has 1 aromatic carbocycles. The van der Waals surface area contributed by atoms with Crippen molar-refractivity contribution in [1.29, 1.82) is 0 Å². The fourth-order valence-electron chi connectivity index (χ4n) is 8.85. The first-order valence-electron chi connectivity index (χ1n) is 21.9. The van der Waals surface area contributed by atoms with E-state index in [1.54, 1.807) is 64.0 Å². The number of aryl methyl sites for hydroxylation is 4. The van der Waals surface area contributed by atoms with E-state index in [0.717, 1.165) is 36.8 Å². The fraction of sp³-hybridized carbons (Fsp3) is 0.370. The molecule has 0 saturated heterocycles. The molecular weight excluding hydrogens is 829 g/mol. The number of imidazole rings is 2. The van der Waals surface area contributed by atoms with Crippen LogP contribution in [0, 0.1) is 18.8 Å². The first kappa shape index (κ1) is 41.4. The second kappa shape index (κ2) is 16.9. The smallest absolute Gasteiger partial charge is 0.258 e. The van der Waals surface area contributed by atoms with Crippen molar-refractivity contribution in [2.24, 2.45) is 25.9 Å². The van der Waals surface area contributed by atoms with E-state index >= 15 is 0 Å². The number of rotatable bonds is 3. The van der Waals surface area contributed by atoms with Gasteiger partial charge in [0.25, 0.3) is 11.8 Å². The number of para-hydroxylation sites is 1. The maximum atomic E-state index is 14.5. The van der Waals surface area contributed by atoms with Crippen LogP contribution in [0.15, 0.2) is 61.1 Å². The Kier molecular flexibility index (Phi) is 10.7. The van der Waals surface area contributed by atoms with Crippen LogP contribution in [0.3, 0.4) is 0 Å². The number of pyridine rings is 2. The van der Waals surface area contributed by atoms with Crippen LogP contribution in [0.1, 0.15) is 71.6 Å². The lowest BCUT2D eigenvalue weighted by Crippen LogP contribution is -2.19. The topological polar surface area (TPSA) is 201 Å². The average molecular weight is 879 g/mol. The molecule has 0 radical (unpaired) electrons. The lowest BCUT2D eigenvalue weighted by Gasteiger charge is -2.17. The molecule has 2 N–H and O–H groups in total. The molecule has 2 amide bonds. The Morgan fingerprint density at radius 1 is 0.754 bits per heavy atom. The molecule has 2 aliphatic heterocycles. The van der Waals surface area contributed by atoms with Crippen molar-refractivity contribution in [3.63, 3.8) is 0 Å².